The summed E-state index contributed by atoms with van der Waals surface area (Å²) in [6, 6.07) is 57.2. The van der Waals surface area contributed by atoms with E-state index >= 15 is 0 Å². The first-order valence-electron chi connectivity index (χ1n) is 29.6. The van der Waals surface area contributed by atoms with Crippen molar-refractivity contribution >= 4 is 98.9 Å². The first-order chi connectivity index (χ1) is 37.8. The second-order valence-corrected chi connectivity index (χ2v) is 28.4. The van der Waals surface area contributed by atoms with Crippen LogP contribution in [0.15, 0.2) is 169 Å². The molecule has 0 amide bonds. The molecule has 2 atom stereocenters. The van der Waals surface area contributed by atoms with Crippen LogP contribution in [0.5, 0.6) is 0 Å². The topological polar surface area (TPSA) is 24.1 Å². The minimum atomic E-state index is -0.0362. The highest BCUT2D eigenvalue weighted by Gasteiger charge is 2.32. The lowest BCUT2D eigenvalue weighted by atomic mass is 9.80. The summed E-state index contributed by atoms with van der Waals surface area (Å²) in [5, 5.41) is 14.5. The Labute approximate surface area is 474 Å². The quantitative estimate of drug-likeness (QED) is 0.164. The molecular weight excluding hydrogens is 969 g/mol. The van der Waals surface area contributed by atoms with Crippen molar-refractivity contribution in [2.75, 3.05) is 10.2 Å². The van der Waals surface area contributed by atoms with E-state index in [1.807, 2.05) is 0 Å². The minimum absolute atomic E-state index is 0.0169. The standard InChI is InChI=1S/C76H80N4/c1-44(2)46-23-28-53(29-24-46)78(54-22-18-20-49(39-54)74(8,9)10)66-36-32-57-60-43-67-59(42-68(60)80-65-35-27-51(76(14,15)16)41-62(65)70(66)72(57)80)56-31-30-55(69-61-40-50(75(11,12)13)26-34-64(61)79(67)71(56)69)58-37-47(45(3)4)25-33-63(58)77-52-21-17-19-48(38-52)73(5,6)7/h17-45,58,63,77H,1-16H3. The molecule has 80 heavy (non-hydrogen) atoms. The summed E-state index contributed by atoms with van der Waals surface area (Å²) in [4.78, 5) is 2.53. The third-order valence-electron chi connectivity index (χ3n) is 18.1. The van der Waals surface area contributed by atoms with Crippen molar-refractivity contribution in [3.63, 3.8) is 0 Å². The summed E-state index contributed by atoms with van der Waals surface area (Å²) in [5.41, 5.74) is 21.7. The summed E-state index contributed by atoms with van der Waals surface area (Å²) in [6.45, 7) is 37.1. The van der Waals surface area contributed by atoms with Crippen LogP contribution in [0.2, 0.25) is 0 Å². The Morgan fingerprint density at radius 1 is 0.438 bits per heavy atom. The van der Waals surface area contributed by atoms with Gasteiger partial charge in [0.05, 0.1) is 44.8 Å². The van der Waals surface area contributed by atoms with Gasteiger partial charge in [-0.15, -0.1) is 0 Å². The number of benzene rings is 8. The van der Waals surface area contributed by atoms with E-state index in [2.05, 4.69) is 294 Å². The number of nitrogens with one attached hydrogen (secondary N) is 1. The molecule has 0 saturated heterocycles. The third kappa shape index (κ3) is 8.21. The Hall–Kier alpha value is -7.56. The van der Waals surface area contributed by atoms with Gasteiger partial charge in [0.1, 0.15) is 0 Å². The fraction of sp³-hybridized carbons (Fsp3) is 0.316. The van der Waals surface area contributed by atoms with Crippen LogP contribution in [0, 0.1) is 5.92 Å². The summed E-state index contributed by atoms with van der Waals surface area (Å²) < 4.78 is 5.24. The van der Waals surface area contributed by atoms with Crippen molar-refractivity contribution in [3.05, 3.63) is 203 Å². The van der Waals surface area contributed by atoms with Gasteiger partial charge in [-0.2, -0.15) is 0 Å². The smallest absolute Gasteiger partial charge is 0.0641 e. The summed E-state index contributed by atoms with van der Waals surface area (Å²) in [6.07, 6.45) is 7.37. The third-order valence-corrected chi connectivity index (χ3v) is 18.1. The maximum atomic E-state index is 4.08. The Balaban J connectivity index is 1.09. The van der Waals surface area contributed by atoms with Crippen molar-refractivity contribution < 1.29 is 0 Å². The molecule has 4 nitrogen and oxygen atoms in total. The van der Waals surface area contributed by atoms with Crippen LogP contribution in [0.4, 0.5) is 22.7 Å². The monoisotopic (exact) mass is 1050 g/mol. The molecule has 4 heteroatoms. The van der Waals surface area contributed by atoms with Gasteiger partial charge < -0.3 is 19.0 Å². The molecule has 12 aromatic rings. The maximum absolute atomic E-state index is 4.08. The fourth-order valence-corrected chi connectivity index (χ4v) is 13.3. The van der Waals surface area contributed by atoms with Crippen molar-refractivity contribution in [2.45, 2.75) is 150 Å². The minimum Gasteiger partial charge on any atom is -0.378 e. The molecule has 13 rings (SSSR count). The van der Waals surface area contributed by atoms with Crippen molar-refractivity contribution in [1.29, 1.82) is 0 Å². The lowest BCUT2D eigenvalue weighted by Gasteiger charge is -2.31. The van der Waals surface area contributed by atoms with Gasteiger partial charge in [0.15, 0.2) is 0 Å². The molecule has 1 N–H and O–H groups in total. The average molecular weight is 1050 g/mol. The predicted molar refractivity (Wildman–Crippen MR) is 348 cm³/mol. The molecule has 0 aliphatic heterocycles. The first-order valence-corrected chi connectivity index (χ1v) is 29.6. The zero-order valence-electron chi connectivity index (χ0n) is 50.2. The molecule has 404 valence electrons. The molecule has 1 aliphatic rings. The Morgan fingerprint density at radius 2 is 0.963 bits per heavy atom. The maximum Gasteiger partial charge on any atom is 0.0641 e. The van der Waals surface area contributed by atoms with E-state index in [9.17, 15) is 0 Å². The summed E-state index contributed by atoms with van der Waals surface area (Å²) >= 11 is 0. The van der Waals surface area contributed by atoms with E-state index in [0.29, 0.717) is 11.8 Å². The highest BCUT2D eigenvalue weighted by atomic mass is 15.1. The van der Waals surface area contributed by atoms with Gasteiger partial charge in [-0.1, -0.05) is 196 Å². The lowest BCUT2D eigenvalue weighted by Crippen LogP contribution is -2.27. The van der Waals surface area contributed by atoms with E-state index in [0.717, 1.165) is 11.4 Å². The van der Waals surface area contributed by atoms with Crippen molar-refractivity contribution in [2.24, 2.45) is 5.92 Å². The molecule has 0 saturated carbocycles. The van der Waals surface area contributed by atoms with Crippen LogP contribution in [0.1, 0.15) is 156 Å². The van der Waals surface area contributed by atoms with Crippen LogP contribution in [0.25, 0.3) is 76.2 Å². The number of fused-ring (bicyclic) bond motifs is 12. The van der Waals surface area contributed by atoms with Crippen LogP contribution in [-0.2, 0) is 21.7 Å². The van der Waals surface area contributed by atoms with Gasteiger partial charge in [0, 0.05) is 66.1 Å². The second-order valence-electron chi connectivity index (χ2n) is 28.4. The molecule has 0 radical (unpaired) electrons. The molecule has 4 aromatic heterocycles. The molecule has 4 heterocycles. The average Bonchev–Trinajstić information content (AvgIpc) is 2.00. The summed E-state index contributed by atoms with van der Waals surface area (Å²) in [7, 11) is 0. The number of allylic oxidation sites excluding steroid dienone is 2. The largest absolute Gasteiger partial charge is 0.378 e. The van der Waals surface area contributed by atoms with Gasteiger partial charge in [0.2, 0.25) is 0 Å². The number of nitrogens with zero attached hydrogens (tertiary/aromatic N) is 3. The Morgan fingerprint density at radius 3 is 1.52 bits per heavy atom. The molecular formula is C76H80N4. The van der Waals surface area contributed by atoms with Crippen LogP contribution in [-0.4, -0.2) is 14.8 Å². The summed E-state index contributed by atoms with van der Waals surface area (Å²) in [5.74, 6) is 0.935. The van der Waals surface area contributed by atoms with Crippen LogP contribution >= 0.6 is 0 Å². The van der Waals surface area contributed by atoms with Gasteiger partial charge in [0.25, 0.3) is 0 Å². The van der Waals surface area contributed by atoms with Crippen LogP contribution < -0.4 is 10.2 Å². The first kappa shape index (κ1) is 51.9. The number of rotatable bonds is 8. The predicted octanol–water partition coefficient (Wildman–Crippen LogP) is 21.5. The Kier molecular flexibility index (Phi) is 11.6. The van der Waals surface area contributed by atoms with E-state index < -0.39 is 0 Å². The van der Waals surface area contributed by atoms with Gasteiger partial charge >= 0.3 is 0 Å². The second kappa shape index (κ2) is 18.0. The SMILES string of the molecule is CC(C)C1=CC(c2ccc3c4cc5c(cc4n4c6ccc(C(C)(C)C)cc6c2c34)c2ccc(N(c3ccc(C(C)C)cc3)c3cccc(C(C)(C)C)c3)c3c4cc(C(C)(C)C)ccc4n5c23)C(Nc2cccc(C(C)(C)C)c2)C=C1. The molecule has 1 aliphatic carbocycles. The highest BCUT2D eigenvalue weighted by Crippen LogP contribution is 2.52. The van der Waals surface area contributed by atoms with Gasteiger partial charge in [-0.25, -0.2) is 0 Å². The number of hydrogen-bond donors (Lipinski definition) is 1. The van der Waals surface area contributed by atoms with E-state index in [1.165, 1.54) is 127 Å². The lowest BCUT2D eigenvalue weighted by molar-refractivity contribution is 0.590. The zero-order chi connectivity index (χ0) is 56.3. The number of aromatic nitrogens is 2. The Bertz CT molecular complexity index is 4480. The number of anilines is 4. The van der Waals surface area contributed by atoms with Gasteiger partial charge in [-0.05, 0) is 151 Å². The molecule has 0 spiro atoms. The molecule has 2 unspecified atom stereocenters. The molecule has 8 aromatic carbocycles. The molecule has 0 fully saturated rings. The number of hydrogen-bond acceptors (Lipinski definition) is 2. The normalized spacial score (nSPS) is 16.0. The highest BCUT2D eigenvalue weighted by molar-refractivity contribution is 6.31. The fourth-order valence-electron chi connectivity index (χ4n) is 13.3. The molecule has 0 bridgehead atoms. The zero-order valence-corrected chi connectivity index (χ0v) is 50.2. The van der Waals surface area contributed by atoms with Gasteiger partial charge in [-0.3, -0.25) is 0 Å². The van der Waals surface area contributed by atoms with E-state index in [1.54, 1.807) is 0 Å². The van der Waals surface area contributed by atoms with E-state index in [-0.39, 0.29) is 33.6 Å². The van der Waals surface area contributed by atoms with E-state index in [4.69, 9.17) is 0 Å². The van der Waals surface area contributed by atoms with Crippen LogP contribution in [0.3, 0.4) is 0 Å². The van der Waals surface area contributed by atoms with Crippen molar-refractivity contribution in [3.8, 4) is 0 Å². The van der Waals surface area contributed by atoms with Crippen molar-refractivity contribution in [1.82, 2.24) is 8.80 Å².